The van der Waals surface area contributed by atoms with Crippen LogP contribution in [-0.2, 0) is 6.42 Å². The number of carbonyl (C=O) groups is 2. The van der Waals surface area contributed by atoms with Crippen LogP contribution in [0.3, 0.4) is 0 Å². The van der Waals surface area contributed by atoms with Gasteiger partial charge in [-0.15, -0.1) is 0 Å². The highest BCUT2D eigenvalue weighted by atomic mass is 19.1. The molecule has 1 heterocycles. The average molecular weight is 355 g/mol. The molecular weight excluding hydrogens is 337 g/mol. The zero-order chi connectivity index (χ0) is 18.5. The van der Waals surface area contributed by atoms with Gasteiger partial charge in [-0.05, 0) is 37.1 Å². The molecule has 3 rings (SSSR count). The number of carbonyl (C=O) groups excluding carboxylic acids is 2. The predicted octanol–water partition coefficient (Wildman–Crippen LogP) is 3.07. The molecule has 3 amide bonds. The molecule has 2 aromatic carbocycles. The van der Waals surface area contributed by atoms with Gasteiger partial charge in [-0.1, -0.05) is 30.3 Å². The fourth-order valence-electron chi connectivity index (χ4n) is 2.62. The molecule has 7 heteroatoms. The molecule has 0 aliphatic heterocycles. The van der Waals surface area contributed by atoms with E-state index in [2.05, 4.69) is 16.2 Å². The monoisotopic (exact) mass is 355 g/mol. The molecule has 134 valence electrons. The number of hydrazine groups is 1. The van der Waals surface area contributed by atoms with E-state index < -0.39 is 11.9 Å². The molecule has 26 heavy (non-hydrogen) atoms. The van der Waals surface area contributed by atoms with Crippen molar-refractivity contribution >= 4 is 22.9 Å². The van der Waals surface area contributed by atoms with Gasteiger partial charge in [0.05, 0.1) is 0 Å². The van der Waals surface area contributed by atoms with E-state index in [0.717, 1.165) is 10.9 Å². The second-order valence-corrected chi connectivity index (χ2v) is 5.77. The minimum Gasteiger partial charge on any atom is -0.451 e. The van der Waals surface area contributed by atoms with Crippen LogP contribution in [0, 0.1) is 12.7 Å². The van der Waals surface area contributed by atoms with Gasteiger partial charge in [0, 0.05) is 17.5 Å². The molecule has 0 bridgehead atoms. The fraction of sp³-hybridized carbons (Fsp3) is 0.158. The summed E-state index contributed by atoms with van der Waals surface area (Å²) in [5, 5.41) is 3.43. The summed E-state index contributed by atoms with van der Waals surface area (Å²) in [4.78, 5) is 23.9. The largest absolute Gasteiger partial charge is 0.451 e. The van der Waals surface area contributed by atoms with Crippen molar-refractivity contribution in [1.82, 2.24) is 16.2 Å². The van der Waals surface area contributed by atoms with Crippen LogP contribution in [0.1, 0.15) is 21.7 Å². The van der Waals surface area contributed by atoms with Gasteiger partial charge in [-0.2, -0.15) is 0 Å². The van der Waals surface area contributed by atoms with E-state index in [1.54, 1.807) is 25.1 Å². The first kappa shape index (κ1) is 17.5. The summed E-state index contributed by atoms with van der Waals surface area (Å²) in [6.45, 7) is 2.08. The summed E-state index contributed by atoms with van der Waals surface area (Å²) >= 11 is 0. The number of benzene rings is 2. The molecule has 0 fully saturated rings. The lowest BCUT2D eigenvalue weighted by atomic mass is 10.1. The number of amides is 3. The number of halogens is 1. The maximum atomic E-state index is 13.1. The number of furan rings is 1. The van der Waals surface area contributed by atoms with Crippen molar-refractivity contribution < 1.29 is 18.4 Å². The van der Waals surface area contributed by atoms with E-state index in [1.165, 1.54) is 12.1 Å². The molecule has 0 saturated heterocycles. The highest BCUT2D eigenvalue weighted by Gasteiger charge is 2.17. The highest BCUT2D eigenvalue weighted by Crippen LogP contribution is 2.24. The smallest absolute Gasteiger partial charge is 0.333 e. The topological polar surface area (TPSA) is 83.4 Å². The Balaban J connectivity index is 1.49. The van der Waals surface area contributed by atoms with E-state index in [9.17, 15) is 14.0 Å². The molecule has 0 atom stereocenters. The van der Waals surface area contributed by atoms with Crippen LogP contribution in [0.2, 0.25) is 0 Å². The van der Waals surface area contributed by atoms with Crippen molar-refractivity contribution in [3.05, 3.63) is 71.2 Å². The average Bonchev–Trinajstić information content (AvgIpc) is 2.97. The van der Waals surface area contributed by atoms with Crippen LogP contribution in [0.15, 0.2) is 52.9 Å². The number of para-hydroxylation sites is 1. The molecule has 0 aliphatic carbocycles. The predicted molar refractivity (Wildman–Crippen MR) is 95.1 cm³/mol. The van der Waals surface area contributed by atoms with Crippen LogP contribution >= 0.6 is 0 Å². The normalized spacial score (nSPS) is 10.5. The van der Waals surface area contributed by atoms with Crippen molar-refractivity contribution in [2.45, 2.75) is 13.3 Å². The third-order valence-electron chi connectivity index (χ3n) is 3.93. The Morgan fingerprint density at radius 2 is 1.88 bits per heavy atom. The summed E-state index contributed by atoms with van der Waals surface area (Å²) in [6.07, 6.45) is 0.474. The van der Waals surface area contributed by atoms with Gasteiger partial charge in [-0.3, -0.25) is 10.2 Å². The SMILES string of the molecule is Cc1c(C(=O)NNC(=O)NCCc2cccc(F)c2)oc2ccccc12. The van der Waals surface area contributed by atoms with Crippen molar-refractivity contribution in [2.75, 3.05) is 6.54 Å². The number of nitrogens with one attached hydrogen (secondary N) is 3. The molecule has 0 saturated carbocycles. The molecule has 3 N–H and O–H groups in total. The second kappa shape index (κ2) is 7.69. The Kier molecular flexibility index (Phi) is 5.17. The Hall–Kier alpha value is -3.35. The van der Waals surface area contributed by atoms with E-state index in [1.807, 2.05) is 18.2 Å². The van der Waals surface area contributed by atoms with Gasteiger partial charge < -0.3 is 9.73 Å². The zero-order valence-electron chi connectivity index (χ0n) is 14.1. The van der Waals surface area contributed by atoms with E-state index in [4.69, 9.17) is 4.42 Å². The lowest BCUT2D eigenvalue weighted by molar-refractivity contribution is 0.0909. The van der Waals surface area contributed by atoms with Gasteiger partial charge in [0.1, 0.15) is 11.4 Å². The van der Waals surface area contributed by atoms with Crippen LogP contribution in [0.25, 0.3) is 11.0 Å². The van der Waals surface area contributed by atoms with Crippen molar-refractivity contribution in [3.8, 4) is 0 Å². The molecule has 0 spiro atoms. The maximum Gasteiger partial charge on any atom is 0.333 e. The molecule has 0 aliphatic rings. The lowest BCUT2D eigenvalue weighted by Gasteiger charge is -2.08. The van der Waals surface area contributed by atoms with Gasteiger partial charge in [0.15, 0.2) is 5.76 Å². The molecular formula is C19H18FN3O3. The highest BCUT2D eigenvalue weighted by molar-refractivity contribution is 5.99. The van der Waals surface area contributed by atoms with E-state index in [0.29, 0.717) is 24.1 Å². The number of urea groups is 1. The number of aryl methyl sites for hydroxylation is 1. The van der Waals surface area contributed by atoms with E-state index in [-0.39, 0.29) is 11.6 Å². The van der Waals surface area contributed by atoms with Crippen LogP contribution in [0.5, 0.6) is 0 Å². The first-order valence-corrected chi connectivity index (χ1v) is 8.11. The van der Waals surface area contributed by atoms with Crippen LogP contribution < -0.4 is 16.2 Å². The third kappa shape index (κ3) is 4.00. The Morgan fingerprint density at radius 3 is 2.65 bits per heavy atom. The van der Waals surface area contributed by atoms with E-state index >= 15 is 0 Å². The second-order valence-electron chi connectivity index (χ2n) is 5.77. The molecule has 1 aromatic heterocycles. The van der Waals surface area contributed by atoms with Crippen molar-refractivity contribution in [3.63, 3.8) is 0 Å². The Bertz CT molecular complexity index is 952. The van der Waals surface area contributed by atoms with Crippen molar-refractivity contribution in [1.29, 1.82) is 0 Å². The minimum atomic E-state index is -0.566. The maximum absolute atomic E-state index is 13.1. The number of rotatable bonds is 4. The van der Waals surface area contributed by atoms with Gasteiger partial charge in [0.25, 0.3) is 0 Å². The Labute approximate surface area is 149 Å². The van der Waals surface area contributed by atoms with Gasteiger partial charge in [-0.25, -0.2) is 14.6 Å². The molecule has 3 aromatic rings. The first-order valence-electron chi connectivity index (χ1n) is 8.11. The van der Waals surface area contributed by atoms with Crippen molar-refractivity contribution in [2.24, 2.45) is 0 Å². The fourth-order valence-corrected chi connectivity index (χ4v) is 2.62. The molecule has 0 radical (unpaired) electrons. The molecule has 0 unspecified atom stereocenters. The summed E-state index contributed by atoms with van der Waals surface area (Å²) < 4.78 is 18.6. The summed E-state index contributed by atoms with van der Waals surface area (Å²) in [7, 11) is 0. The number of hydrogen-bond acceptors (Lipinski definition) is 3. The zero-order valence-corrected chi connectivity index (χ0v) is 14.1. The summed E-state index contributed by atoms with van der Waals surface area (Å²) in [5.41, 5.74) is 6.65. The minimum absolute atomic E-state index is 0.145. The summed E-state index contributed by atoms with van der Waals surface area (Å²) in [6, 6.07) is 12.9. The Morgan fingerprint density at radius 1 is 1.08 bits per heavy atom. The van der Waals surface area contributed by atoms with Gasteiger partial charge in [0.2, 0.25) is 0 Å². The van der Waals surface area contributed by atoms with Crippen LogP contribution in [-0.4, -0.2) is 18.5 Å². The third-order valence-corrected chi connectivity index (χ3v) is 3.93. The number of hydrogen-bond donors (Lipinski definition) is 3. The van der Waals surface area contributed by atoms with Gasteiger partial charge >= 0.3 is 11.9 Å². The number of fused-ring (bicyclic) bond motifs is 1. The first-order chi connectivity index (χ1) is 12.5. The quantitative estimate of drug-likeness (QED) is 0.629. The van der Waals surface area contributed by atoms with Crippen LogP contribution in [0.4, 0.5) is 9.18 Å². The molecule has 6 nitrogen and oxygen atoms in total. The summed E-state index contributed by atoms with van der Waals surface area (Å²) in [5.74, 6) is -0.717. The standard InChI is InChI=1S/C19H18FN3O3/c1-12-15-7-2-3-8-16(15)26-17(12)18(24)22-23-19(25)21-10-9-13-5-4-6-14(20)11-13/h2-8,11H,9-10H2,1H3,(H,22,24)(H2,21,23,25). The lowest BCUT2D eigenvalue weighted by Crippen LogP contribution is -2.47.